The quantitative estimate of drug-likeness (QED) is 0.497. The molecule has 1 aromatic heterocycles. The summed E-state index contributed by atoms with van der Waals surface area (Å²) in [6.07, 6.45) is 0.632. The van der Waals surface area contributed by atoms with Gasteiger partial charge >= 0.3 is 0 Å². The lowest BCUT2D eigenvalue weighted by Crippen LogP contribution is -2.30. The molecule has 0 spiro atoms. The number of hydrogen-bond acceptors (Lipinski definition) is 8. The zero-order chi connectivity index (χ0) is 17.6. The van der Waals surface area contributed by atoms with Crippen LogP contribution in [0.5, 0.6) is 0 Å². The topological polar surface area (TPSA) is 123 Å². The van der Waals surface area contributed by atoms with Crippen molar-refractivity contribution < 1.29 is 17.8 Å². The van der Waals surface area contributed by atoms with Crippen LogP contribution >= 0.6 is 0 Å². The fourth-order valence-corrected chi connectivity index (χ4v) is 3.08. The van der Waals surface area contributed by atoms with E-state index in [4.69, 9.17) is 10.2 Å². The van der Waals surface area contributed by atoms with Crippen molar-refractivity contribution in [2.24, 2.45) is 5.73 Å². The Kier molecular flexibility index (Phi) is 6.58. The molecular formula is C13H22N4O5S. The molecule has 0 aliphatic rings. The predicted molar refractivity (Wildman–Crippen MR) is 85.5 cm³/mol. The third-order valence-electron chi connectivity index (χ3n) is 2.97. The maximum atomic E-state index is 12.1. The largest absolute Gasteiger partial charge is 0.464 e. The SMILES string of the molecule is CN(C)Cc1ccc(CS(=O)(=O)CCN(C)/C(N)=C/[N+](=O)[O-])o1. The summed E-state index contributed by atoms with van der Waals surface area (Å²) in [5, 5.41) is 10.3. The molecule has 1 rings (SSSR count). The van der Waals surface area contributed by atoms with E-state index in [0.29, 0.717) is 24.3 Å². The molecule has 0 unspecified atom stereocenters. The van der Waals surface area contributed by atoms with Crippen molar-refractivity contribution in [3.8, 4) is 0 Å². The van der Waals surface area contributed by atoms with Crippen LogP contribution in [-0.2, 0) is 22.1 Å². The second kappa shape index (κ2) is 7.97. The highest BCUT2D eigenvalue weighted by atomic mass is 32.2. The fourth-order valence-electron chi connectivity index (χ4n) is 1.80. The maximum Gasteiger partial charge on any atom is 0.274 e. The van der Waals surface area contributed by atoms with Gasteiger partial charge < -0.3 is 20.0 Å². The first-order chi connectivity index (χ1) is 10.6. The second-order valence-corrected chi connectivity index (χ2v) is 7.64. The Morgan fingerprint density at radius 2 is 1.96 bits per heavy atom. The van der Waals surface area contributed by atoms with Crippen LogP contribution in [0.2, 0.25) is 0 Å². The van der Waals surface area contributed by atoms with Crippen LogP contribution in [0.15, 0.2) is 28.6 Å². The molecule has 1 heterocycles. The van der Waals surface area contributed by atoms with E-state index in [2.05, 4.69) is 0 Å². The summed E-state index contributed by atoms with van der Waals surface area (Å²) in [7, 11) is 1.86. The number of nitrogens with two attached hydrogens (primary N) is 1. The molecule has 0 radical (unpaired) electrons. The zero-order valence-electron chi connectivity index (χ0n) is 13.4. The van der Waals surface area contributed by atoms with E-state index in [1.54, 1.807) is 12.1 Å². The molecule has 0 aliphatic carbocycles. The minimum Gasteiger partial charge on any atom is -0.464 e. The van der Waals surface area contributed by atoms with Gasteiger partial charge in [-0.05, 0) is 26.2 Å². The van der Waals surface area contributed by atoms with Crippen molar-refractivity contribution in [1.82, 2.24) is 9.80 Å². The number of furan rings is 1. The standard InChI is InChI=1S/C13H22N4O5S/c1-15(2)8-11-4-5-12(22-11)10-23(20,21)7-6-16(3)13(14)9-17(18)19/h4-5,9H,6-8,10,14H2,1-3H3/b13-9+. The van der Waals surface area contributed by atoms with Gasteiger partial charge in [0, 0.05) is 13.6 Å². The molecule has 2 N–H and O–H groups in total. The average molecular weight is 346 g/mol. The number of sulfone groups is 1. The van der Waals surface area contributed by atoms with Crippen molar-refractivity contribution in [2.45, 2.75) is 12.3 Å². The number of nitro groups is 1. The highest BCUT2D eigenvalue weighted by Gasteiger charge is 2.17. The summed E-state index contributed by atoms with van der Waals surface area (Å²) in [5.74, 6) is 0.567. The molecule has 10 heteroatoms. The normalized spacial score (nSPS) is 12.6. The monoisotopic (exact) mass is 346 g/mol. The number of hydrogen-bond donors (Lipinski definition) is 1. The summed E-state index contributed by atoms with van der Waals surface area (Å²) in [6, 6.07) is 3.38. The van der Waals surface area contributed by atoms with Crippen molar-refractivity contribution in [1.29, 1.82) is 0 Å². The second-order valence-electron chi connectivity index (χ2n) is 5.46. The third-order valence-corrected chi connectivity index (χ3v) is 4.50. The molecule has 0 aliphatic heterocycles. The van der Waals surface area contributed by atoms with Gasteiger partial charge in [-0.15, -0.1) is 0 Å². The first-order valence-electron chi connectivity index (χ1n) is 6.84. The Morgan fingerprint density at radius 3 is 2.52 bits per heavy atom. The van der Waals surface area contributed by atoms with Crippen LogP contribution in [0.3, 0.4) is 0 Å². The van der Waals surface area contributed by atoms with E-state index < -0.39 is 14.8 Å². The molecule has 23 heavy (non-hydrogen) atoms. The van der Waals surface area contributed by atoms with Gasteiger partial charge in [0.15, 0.2) is 15.7 Å². The van der Waals surface area contributed by atoms with Crippen LogP contribution in [0.4, 0.5) is 0 Å². The minimum atomic E-state index is -3.41. The van der Waals surface area contributed by atoms with E-state index in [0.717, 1.165) is 0 Å². The lowest BCUT2D eigenvalue weighted by atomic mass is 10.4. The molecule has 0 fully saturated rings. The van der Waals surface area contributed by atoms with E-state index in [-0.39, 0.29) is 23.9 Å². The van der Waals surface area contributed by atoms with Gasteiger partial charge in [-0.1, -0.05) is 0 Å². The van der Waals surface area contributed by atoms with Crippen molar-refractivity contribution >= 4 is 9.84 Å². The lowest BCUT2D eigenvalue weighted by Gasteiger charge is -2.16. The van der Waals surface area contributed by atoms with Crippen LogP contribution in [0.25, 0.3) is 0 Å². The smallest absolute Gasteiger partial charge is 0.274 e. The molecule has 0 atom stereocenters. The molecular weight excluding hydrogens is 324 g/mol. The van der Waals surface area contributed by atoms with E-state index in [9.17, 15) is 18.5 Å². The molecule has 1 aromatic rings. The van der Waals surface area contributed by atoms with Crippen molar-refractivity contribution in [3.05, 3.63) is 45.8 Å². The Balaban J connectivity index is 2.59. The molecule has 130 valence electrons. The molecule has 0 amide bonds. The Hall–Kier alpha value is -2.07. The van der Waals surface area contributed by atoms with Gasteiger partial charge in [0.05, 0.1) is 17.2 Å². The summed E-state index contributed by atoms with van der Waals surface area (Å²) in [4.78, 5) is 12.9. The summed E-state index contributed by atoms with van der Waals surface area (Å²) in [5.41, 5.74) is 5.48. The lowest BCUT2D eigenvalue weighted by molar-refractivity contribution is -0.404. The van der Waals surface area contributed by atoms with Crippen LogP contribution in [-0.4, -0.2) is 56.6 Å². The van der Waals surface area contributed by atoms with Gasteiger partial charge in [-0.2, -0.15) is 0 Å². The van der Waals surface area contributed by atoms with Crippen molar-refractivity contribution in [2.75, 3.05) is 33.4 Å². The van der Waals surface area contributed by atoms with Gasteiger partial charge in [-0.3, -0.25) is 10.1 Å². The molecule has 0 aromatic carbocycles. The third kappa shape index (κ3) is 7.15. The maximum absolute atomic E-state index is 12.1. The van der Waals surface area contributed by atoms with Crippen molar-refractivity contribution in [3.63, 3.8) is 0 Å². The van der Waals surface area contributed by atoms with Gasteiger partial charge in [0.1, 0.15) is 17.3 Å². The average Bonchev–Trinajstić information content (AvgIpc) is 2.80. The highest BCUT2D eigenvalue weighted by Crippen LogP contribution is 2.13. The molecule has 0 saturated carbocycles. The zero-order valence-corrected chi connectivity index (χ0v) is 14.2. The summed E-state index contributed by atoms with van der Waals surface area (Å²) < 4.78 is 29.7. The predicted octanol–water partition coefficient (Wildman–Crippen LogP) is 0.222. The van der Waals surface area contributed by atoms with Gasteiger partial charge in [0.2, 0.25) is 0 Å². The summed E-state index contributed by atoms with van der Waals surface area (Å²) >= 11 is 0. The number of nitrogens with zero attached hydrogens (tertiary/aromatic N) is 3. The molecule has 9 nitrogen and oxygen atoms in total. The fraction of sp³-hybridized carbons (Fsp3) is 0.538. The first-order valence-corrected chi connectivity index (χ1v) is 8.66. The van der Waals surface area contributed by atoms with E-state index >= 15 is 0 Å². The summed E-state index contributed by atoms with van der Waals surface area (Å²) in [6.45, 7) is 0.648. The van der Waals surface area contributed by atoms with Crippen LogP contribution < -0.4 is 5.73 Å². The Labute approximate surface area is 135 Å². The van der Waals surface area contributed by atoms with Crippen LogP contribution in [0.1, 0.15) is 11.5 Å². The van der Waals surface area contributed by atoms with E-state index in [1.807, 2.05) is 19.0 Å². The van der Waals surface area contributed by atoms with Gasteiger partial charge in [-0.25, -0.2) is 8.42 Å². The first kappa shape index (κ1) is 19.0. The Morgan fingerprint density at radius 1 is 1.35 bits per heavy atom. The van der Waals surface area contributed by atoms with E-state index in [1.165, 1.54) is 11.9 Å². The molecule has 0 bridgehead atoms. The van der Waals surface area contributed by atoms with Gasteiger partial charge in [0.25, 0.3) is 6.20 Å². The minimum absolute atomic E-state index is 0.0593. The Bertz CT molecular complexity index is 666. The van der Waals surface area contributed by atoms with Crippen LogP contribution in [0, 0.1) is 10.1 Å². The molecule has 0 saturated heterocycles. The highest BCUT2D eigenvalue weighted by molar-refractivity contribution is 7.90. The number of rotatable bonds is 9.